The largest absolute Gasteiger partial charge is 0.350 e. The minimum atomic E-state index is -0.245. The van der Waals surface area contributed by atoms with Crippen LogP contribution in [0.3, 0.4) is 0 Å². The number of hydrogen-bond acceptors (Lipinski definition) is 5. The van der Waals surface area contributed by atoms with Crippen molar-refractivity contribution in [3.63, 3.8) is 0 Å². The highest BCUT2D eigenvalue weighted by Gasteiger charge is 2.09. The van der Waals surface area contributed by atoms with Crippen LogP contribution in [0.15, 0.2) is 36.4 Å². The normalized spacial score (nSPS) is 10.1. The van der Waals surface area contributed by atoms with E-state index in [2.05, 4.69) is 26.9 Å². The summed E-state index contributed by atoms with van der Waals surface area (Å²) in [6, 6.07) is 12.5. The molecule has 6 nitrogen and oxygen atoms in total. The van der Waals surface area contributed by atoms with Crippen molar-refractivity contribution in [3.8, 4) is 6.07 Å². The molecule has 2 rings (SSSR count). The van der Waals surface area contributed by atoms with Crippen LogP contribution in [-0.4, -0.2) is 22.6 Å². The van der Waals surface area contributed by atoms with Crippen molar-refractivity contribution < 1.29 is 4.79 Å². The van der Waals surface area contributed by atoms with Crippen LogP contribution in [0.2, 0.25) is 0 Å². The third kappa shape index (κ3) is 4.03. The van der Waals surface area contributed by atoms with Crippen molar-refractivity contribution in [2.45, 2.75) is 13.8 Å². The van der Waals surface area contributed by atoms with Gasteiger partial charge >= 0.3 is 0 Å². The van der Waals surface area contributed by atoms with Crippen molar-refractivity contribution in [2.75, 3.05) is 11.9 Å². The van der Waals surface area contributed by atoms with Crippen LogP contribution < -0.4 is 10.6 Å². The van der Waals surface area contributed by atoms with E-state index in [-0.39, 0.29) is 11.6 Å². The van der Waals surface area contributed by atoms with Gasteiger partial charge in [0.15, 0.2) is 11.5 Å². The third-order valence-corrected chi connectivity index (χ3v) is 2.88. The van der Waals surface area contributed by atoms with Crippen LogP contribution in [0.25, 0.3) is 0 Å². The lowest BCUT2D eigenvalue weighted by atomic mass is 10.2. The molecule has 0 aliphatic heterocycles. The summed E-state index contributed by atoms with van der Waals surface area (Å²) in [5.74, 6) is 0.605. The molecule has 2 N–H and O–H groups in total. The first-order valence-electron chi connectivity index (χ1n) is 6.98. The van der Waals surface area contributed by atoms with Gasteiger partial charge in [0.1, 0.15) is 6.07 Å². The average Bonchev–Trinajstić information content (AvgIpc) is 2.54. The van der Waals surface area contributed by atoms with Crippen LogP contribution in [0, 0.1) is 17.2 Å². The summed E-state index contributed by atoms with van der Waals surface area (Å²) in [6.07, 6.45) is 0. The molecule has 0 radical (unpaired) electrons. The summed E-state index contributed by atoms with van der Waals surface area (Å²) in [7, 11) is 0. The topological polar surface area (TPSA) is 90.7 Å². The summed E-state index contributed by atoms with van der Waals surface area (Å²) < 4.78 is 0. The first kappa shape index (κ1) is 15.4. The van der Waals surface area contributed by atoms with Crippen molar-refractivity contribution >= 4 is 17.4 Å². The first-order chi connectivity index (χ1) is 10.6. The van der Waals surface area contributed by atoms with E-state index in [0.717, 1.165) is 0 Å². The Morgan fingerprint density at radius 2 is 2.00 bits per heavy atom. The molecule has 0 atom stereocenters. The van der Waals surface area contributed by atoms with Gasteiger partial charge < -0.3 is 10.6 Å². The lowest BCUT2D eigenvalue weighted by Crippen LogP contribution is -2.28. The second kappa shape index (κ2) is 7.18. The van der Waals surface area contributed by atoms with Gasteiger partial charge in [0.25, 0.3) is 5.91 Å². The average molecular weight is 295 g/mol. The number of benzene rings is 1. The van der Waals surface area contributed by atoms with Crippen LogP contribution in [0.1, 0.15) is 29.9 Å². The maximum absolute atomic E-state index is 11.8. The molecule has 1 aromatic carbocycles. The quantitative estimate of drug-likeness (QED) is 0.884. The van der Waals surface area contributed by atoms with E-state index in [9.17, 15) is 4.79 Å². The molecule has 0 aliphatic rings. The standard InChI is InChI=1S/C16H17N5O/c1-11(2)10-18-16(22)14-7-8-15(21-20-14)19-13-6-4-3-5-12(13)9-17/h3-8,11H,10H2,1-2H3,(H,18,22)(H,19,21). The van der Waals surface area contributed by atoms with Gasteiger partial charge in [-0.3, -0.25) is 4.79 Å². The number of hydrogen-bond donors (Lipinski definition) is 2. The van der Waals surface area contributed by atoms with Crippen molar-refractivity contribution in [3.05, 3.63) is 47.7 Å². The molecule has 0 aliphatic carbocycles. The molecule has 0 bridgehead atoms. The summed E-state index contributed by atoms with van der Waals surface area (Å²) in [5.41, 5.74) is 1.43. The van der Waals surface area contributed by atoms with Crippen LogP contribution >= 0.6 is 0 Å². The summed E-state index contributed by atoms with van der Waals surface area (Å²) in [6.45, 7) is 4.63. The Labute approximate surface area is 129 Å². The molecule has 0 fully saturated rings. The monoisotopic (exact) mass is 295 g/mol. The molecule has 112 valence electrons. The van der Waals surface area contributed by atoms with E-state index in [0.29, 0.717) is 29.5 Å². The molecule has 1 aromatic heterocycles. The predicted molar refractivity (Wildman–Crippen MR) is 83.6 cm³/mol. The summed E-state index contributed by atoms with van der Waals surface area (Å²) in [5, 5.41) is 22.7. The Balaban J connectivity index is 2.06. The van der Waals surface area contributed by atoms with Gasteiger partial charge in [-0.05, 0) is 30.2 Å². The number of nitriles is 1. The number of aromatic nitrogens is 2. The molecule has 0 saturated heterocycles. The zero-order chi connectivity index (χ0) is 15.9. The molecule has 22 heavy (non-hydrogen) atoms. The Hall–Kier alpha value is -2.94. The van der Waals surface area contributed by atoms with Gasteiger partial charge in [0.2, 0.25) is 0 Å². The van der Waals surface area contributed by atoms with E-state index in [4.69, 9.17) is 5.26 Å². The van der Waals surface area contributed by atoms with E-state index >= 15 is 0 Å². The highest BCUT2D eigenvalue weighted by Crippen LogP contribution is 2.18. The van der Waals surface area contributed by atoms with Gasteiger partial charge in [-0.25, -0.2) is 0 Å². The smallest absolute Gasteiger partial charge is 0.271 e. The number of amides is 1. The number of nitrogens with one attached hydrogen (secondary N) is 2. The molecule has 1 amide bonds. The fourth-order valence-electron chi connectivity index (χ4n) is 1.74. The number of anilines is 2. The number of nitrogens with zero attached hydrogens (tertiary/aromatic N) is 3. The fraction of sp³-hybridized carbons (Fsp3) is 0.250. The Bertz CT molecular complexity index is 688. The van der Waals surface area contributed by atoms with Crippen LogP contribution in [0.5, 0.6) is 0 Å². The predicted octanol–water partition coefficient (Wildman–Crippen LogP) is 2.48. The molecule has 1 heterocycles. The van der Waals surface area contributed by atoms with Crippen molar-refractivity contribution in [1.82, 2.24) is 15.5 Å². The minimum Gasteiger partial charge on any atom is -0.350 e. The number of rotatable bonds is 5. The maximum atomic E-state index is 11.8. The van der Waals surface area contributed by atoms with Gasteiger partial charge in [-0.2, -0.15) is 5.26 Å². The highest BCUT2D eigenvalue weighted by atomic mass is 16.1. The van der Waals surface area contributed by atoms with Crippen LogP contribution in [0.4, 0.5) is 11.5 Å². The summed E-state index contributed by atoms with van der Waals surface area (Å²) >= 11 is 0. The van der Waals surface area contributed by atoms with Crippen molar-refractivity contribution in [1.29, 1.82) is 5.26 Å². The zero-order valence-corrected chi connectivity index (χ0v) is 12.5. The first-order valence-corrected chi connectivity index (χ1v) is 6.98. The Morgan fingerprint density at radius 1 is 1.23 bits per heavy atom. The second-order valence-electron chi connectivity index (χ2n) is 5.19. The van der Waals surface area contributed by atoms with Gasteiger partial charge in [0, 0.05) is 6.54 Å². The Kier molecular flexibility index (Phi) is 5.04. The molecule has 0 saturated carbocycles. The SMILES string of the molecule is CC(C)CNC(=O)c1ccc(Nc2ccccc2C#N)nn1. The molecule has 0 unspecified atom stereocenters. The summed E-state index contributed by atoms with van der Waals surface area (Å²) in [4.78, 5) is 11.8. The maximum Gasteiger partial charge on any atom is 0.271 e. The second-order valence-corrected chi connectivity index (χ2v) is 5.19. The third-order valence-electron chi connectivity index (χ3n) is 2.88. The van der Waals surface area contributed by atoms with Gasteiger partial charge in [0.05, 0.1) is 11.3 Å². The zero-order valence-electron chi connectivity index (χ0n) is 12.5. The lowest BCUT2D eigenvalue weighted by Gasteiger charge is -2.08. The number of para-hydroxylation sites is 1. The molecular weight excluding hydrogens is 278 g/mol. The van der Waals surface area contributed by atoms with E-state index < -0.39 is 0 Å². The van der Waals surface area contributed by atoms with E-state index in [1.54, 1.807) is 30.3 Å². The van der Waals surface area contributed by atoms with E-state index in [1.165, 1.54) is 0 Å². The molecular formula is C16H17N5O. The van der Waals surface area contributed by atoms with Gasteiger partial charge in [-0.1, -0.05) is 26.0 Å². The highest BCUT2D eigenvalue weighted by molar-refractivity contribution is 5.92. The van der Waals surface area contributed by atoms with Gasteiger partial charge in [-0.15, -0.1) is 10.2 Å². The lowest BCUT2D eigenvalue weighted by molar-refractivity contribution is 0.0943. The van der Waals surface area contributed by atoms with Crippen LogP contribution in [-0.2, 0) is 0 Å². The molecule has 2 aromatic rings. The molecule has 0 spiro atoms. The van der Waals surface area contributed by atoms with Crippen molar-refractivity contribution in [2.24, 2.45) is 5.92 Å². The minimum absolute atomic E-state index is 0.245. The Morgan fingerprint density at radius 3 is 2.64 bits per heavy atom. The fourth-order valence-corrected chi connectivity index (χ4v) is 1.74. The number of carbonyl (C=O) groups excluding carboxylic acids is 1. The molecule has 6 heteroatoms. The number of carbonyl (C=O) groups is 1. The van der Waals surface area contributed by atoms with E-state index in [1.807, 2.05) is 19.9 Å².